The van der Waals surface area contributed by atoms with Gasteiger partial charge in [0.1, 0.15) is 0 Å². The van der Waals surface area contributed by atoms with Crippen molar-refractivity contribution in [2.45, 2.75) is 13.1 Å². The predicted octanol–water partition coefficient (Wildman–Crippen LogP) is 2.65. The van der Waals surface area contributed by atoms with Crippen molar-refractivity contribution >= 4 is 11.6 Å². The summed E-state index contributed by atoms with van der Waals surface area (Å²) < 4.78 is 2.88. The van der Waals surface area contributed by atoms with Crippen LogP contribution in [0, 0.1) is 0 Å². The molecular weight excluding hydrogens is 364 g/mol. The number of benzene rings is 1. The van der Waals surface area contributed by atoms with E-state index in [0.29, 0.717) is 28.6 Å². The highest BCUT2D eigenvalue weighted by Crippen LogP contribution is 2.17. The van der Waals surface area contributed by atoms with E-state index in [-0.39, 0.29) is 12.1 Å². The Morgan fingerprint density at radius 1 is 0.963 bits per heavy atom. The van der Waals surface area contributed by atoms with Gasteiger partial charge in [-0.05, 0) is 42.0 Å². The summed E-state index contributed by atoms with van der Waals surface area (Å²) in [6.07, 6.45) is 3.41. The van der Waals surface area contributed by atoms with Gasteiger partial charge in [0.15, 0.2) is 5.82 Å². The van der Waals surface area contributed by atoms with Gasteiger partial charge in [-0.2, -0.15) is 4.98 Å². The minimum Gasteiger partial charge on any atom is -0.328 e. The lowest BCUT2D eigenvalue weighted by atomic mass is 10.2. The first-order valence-corrected chi connectivity index (χ1v) is 8.74. The van der Waals surface area contributed by atoms with Crippen LogP contribution in [0.15, 0.2) is 76.6 Å². The summed E-state index contributed by atoms with van der Waals surface area (Å²) in [7, 11) is 0. The monoisotopic (exact) mass is 378 g/mol. The first-order chi connectivity index (χ1) is 13.1. The van der Waals surface area contributed by atoms with E-state index in [4.69, 9.17) is 11.6 Å². The molecule has 7 heteroatoms. The first-order valence-electron chi connectivity index (χ1n) is 8.36. The maximum Gasteiger partial charge on any atom is 0.352 e. The summed E-state index contributed by atoms with van der Waals surface area (Å²) in [4.78, 5) is 33.7. The van der Waals surface area contributed by atoms with Crippen molar-refractivity contribution < 1.29 is 0 Å². The fourth-order valence-electron chi connectivity index (χ4n) is 2.97. The van der Waals surface area contributed by atoms with Crippen LogP contribution in [0.2, 0.25) is 5.02 Å². The third-order valence-corrected chi connectivity index (χ3v) is 4.47. The number of nitrogens with zero attached hydrogens (tertiary/aromatic N) is 4. The summed E-state index contributed by atoms with van der Waals surface area (Å²) in [5.74, 6) is 0.352. The summed E-state index contributed by atoms with van der Waals surface area (Å²) in [5.41, 5.74) is 0.989. The molecule has 0 atom stereocenters. The fraction of sp³-hybridized carbons (Fsp3) is 0.100. The van der Waals surface area contributed by atoms with E-state index in [1.54, 1.807) is 47.3 Å². The molecular formula is C20H15ClN4O2. The smallest absolute Gasteiger partial charge is 0.328 e. The molecule has 27 heavy (non-hydrogen) atoms. The minimum atomic E-state index is -0.593. The van der Waals surface area contributed by atoms with Crippen LogP contribution >= 0.6 is 11.6 Å². The van der Waals surface area contributed by atoms with Crippen LogP contribution in [0.3, 0.4) is 0 Å². The van der Waals surface area contributed by atoms with E-state index < -0.39 is 5.69 Å². The average Bonchev–Trinajstić information content (AvgIpc) is 2.67. The number of rotatable bonds is 4. The molecule has 1 aromatic carbocycles. The summed E-state index contributed by atoms with van der Waals surface area (Å²) in [6, 6.07) is 16.2. The Kier molecular flexibility index (Phi) is 4.56. The van der Waals surface area contributed by atoms with Crippen LogP contribution in [0.5, 0.6) is 0 Å². The van der Waals surface area contributed by atoms with Gasteiger partial charge in [-0.15, -0.1) is 0 Å². The average molecular weight is 379 g/mol. The SMILES string of the molecule is O=c1nc2n(Cc3cccc(Cl)c3)cccc-2c(=O)n1Cc1ccccn1. The molecule has 0 bridgehead atoms. The van der Waals surface area contributed by atoms with Crippen molar-refractivity contribution in [3.05, 3.63) is 104 Å². The number of hydrogen-bond acceptors (Lipinski definition) is 4. The van der Waals surface area contributed by atoms with Crippen LogP contribution in [0.25, 0.3) is 11.4 Å². The van der Waals surface area contributed by atoms with Crippen LogP contribution in [0.4, 0.5) is 0 Å². The molecule has 3 heterocycles. The number of halogens is 1. The molecule has 0 radical (unpaired) electrons. The van der Waals surface area contributed by atoms with Crippen molar-refractivity contribution in [2.24, 2.45) is 0 Å². The van der Waals surface area contributed by atoms with Crippen molar-refractivity contribution in [1.82, 2.24) is 19.1 Å². The molecule has 0 aliphatic carbocycles. The molecule has 0 unspecified atom stereocenters. The molecule has 0 saturated heterocycles. The molecule has 0 N–H and O–H groups in total. The van der Waals surface area contributed by atoms with Gasteiger partial charge in [-0.25, -0.2) is 4.79 Å². The van der Waals surface area contributed by atoms with Crippen molar-refractivity contribution in [2.75, 3.05) is 0 Å². The van der Waals surface area contributed by atoms with Gasteiger partial charge in [0.2, 0.25) is 0 Å². The van der Waals surface area contributed by atoms with Gasteiger partial charge < -0.3 is 4.57 Å². The summed E-state index contributed by atoms with van der Waals surface area (Å²) in [6.45, 7) is 0.540. The Hall–Kier alpha value is -3.25. The standard InChI is InChI=1S/C20H15ClN4O2/c21-15-6-3-5-14(11-15)12-24-10-4-8-17-18(24)23-20(27)25(19(17)26)13-16-7-1-2-9-22-16/h1-11H,12-13H2. The van der Waals surface area contributed by atoms with Gasteiger partial charge in [-0.1, -0.05) is 29.8 Å². The zero-order chi connectivity index (χ0) is 18.8. The second-order valence-corrected chi connectivity index (χ2v) is 6.55. The Balaban J connectivity index is 1.79. The predicted molar refractivity (Wildman–Crippen MR) is 103 cm³/mol. The molecule has 0 spiro atoms. The molecule has 0 fully saturated rings. The van der Waals surface area contributed by atoms with E-state index in [1.165, 1.54) is 0 Å². The molecule has 1 aromatic heterocycles. The van der Waals surface area contributed by atoms with Crippen LogP contribution in [-0.2, 0) is 13.1 Å². The van der Waals surface area contributed by atoms with E-state index in [0.717, 1.165) is 10.1 Å². The zero-order valence-corrected chi connectivity index (χ0v) is 15.0. The van der Waals surface area contributed by atoms with Gasteiger partial charge in [0.05, 0.1) is 17.8 Å². The minimum absolute atomic E-state index is 0.0879. The van der Waals surface area contributed by atoms with E-state index in [2.05, 4.69) is 9.97 Å². The Morgan fingerprint density at radius 3 is 2.63 bits per heavy atom. The van der Waals surface area contributed by atoms with Gasteiger partial charge >= 0.3 is 5.69 Å². The largest absolute Gasteiger partial charge is 0.352 e. The van der Waals surface area contributed by atoms with Crippen molar-refractivity contribution in [1.29, 1.82) is 0 Å². The van der Waals surface area contributed by atoms with E-state index in [1.807, 2.05) is 24.3 Å². The van der Waals surface area contributed by atoms with Crippen LogP contribution < -0.4 is 11.2 Å². The molecule has 134 valence electrons. The highest BCUT2D eigenvalue weighted by Gasteiger charge is 2.17. The van der Waals surface area contributed by atoms with Crippen LogP contribution in [0.1, 0.15) is 11.3 Å². The lowest BCUT2D eigenvalue weighted by Crippen LogP contribution is -2.38. The van der Waals surface area contributed by atoms with Crippen LogP contribution in [-0.4, -0.2) is 19.1 Å². The first kappa shape index (κ1) is 17.2. The second kappa shape index (κ2) is 7.17. The van der Waals surface area contributed by atoms with Crippen molar-refractivity contribution in [3.8, 4) is 11.4 Å². The normalized spacial score (nSPS) is 11.0. The number of hydrogen-bond donors (Lipinski definition) is 0. The molecule has 2 aliphatic rings. The highest BCUT2D eigenvalue weighted by molar-refractivity contribution is 6.30. The van der Waals surface area contributed by atoms with E-state index >= 15 is 0 Å². The highest BCUT2D eigenvalue weighted by atomic mass is 35.5. The number of aromatic nitrogens is 4. The number of pyridine rings is 2. The van der Waals surface area contributed by atoms with Crippen molar-refractivity contribution in [3.63, 3.8) is 0 Å². The Labute approximate surface area is 159 Å². The lowest BCUT2D eigenvalue weighted by Gasteiger charge is -2.15. The zero-order valence-electron chi connectivity index (χ0n) is 14.2. The van der Waals surface area contributed by atoms with Gasteiger partial charge in [0, 0.05) is 24.0 Å². The number of fused-ring (bicyclic) bond motifs is 1. The molecule has 0 saturated carbocycles. The Bertz CT molecular complexity index is 1180. The summed E-state index contributed by atoms with van der Waals surface area (Å²) >= 11 is 6.04. The molecule has 6 nitrogen and oxygen atoms in total. The maximum absolute atomic E-state index is 12.9. The maximum atomic E-state index is 12.9. The summed E-state index contributed by atoms with van der Waals surface area (Å²) in [5, 5.41) is 0.628. The Morgan fingerprint density at radius 2 is 1.85 bits per heavy atom. The lowest BCUT2D eigenvalue weighted by molar-refractivity contribution is 0.668. The quantitative estimate of drug-likeness (QED) is 0.547. The third kappa shape index (κ3) is 3.52. The van der Waals surface area contributed by atoms with E-state index in [9.17, 15) is 9.59 Å². The topological polar surface area (TPSA) is 69.8 Å². The fourth-order valence-corrected chi connectivity index (χ4v) is 3.18. The molecule has 0 amide bonds. The molecule has 2 aromatic rings. The molecule has 2 aliphatic heterocycles. The second-order valence-electron chi connectivity index (χ2n) is 6.11. The van der Waals surface area contributed by atoms with Gasteiger partial charge in [-0.3, -0.25) is 14.3 Å². The third-order valence-electron chi connectivity index (χ3n) is 4.24. The van der Waals surface area contributed by atoms with Gasteiger partial charge in [0.25, 0.3) is 5.56 Å². The molecule has 4 rings (SSSR count).